The first-order chi connectivity index (χ1) is 11.4. The number of aliphatic imine (C=N–C) groups is 1. The highest BCUT2D eigenvalue weighted by Crippen LogP contribution is 2.16. The van der Waals surface area contributed by atoms with Gasteiger partial charge in [-0.3, -0.25) is 4.99 Å². The van der Waals surface area contributed by atoms with E-state index in [0.29, 0.717) is 0 Å². The topological polar surface area (TPSA) is 93.8 Å². The number of hydrogen-bond donors (Lipinski definition) is 2. The second-order valence-electron chi connectivity index (χ2n) is 4.89. The predicted octanol–water partition coefficient (Wildman–Crippen LogP) is 3.28. The van der Waals surface area contributed by atoms with Crippen molar-refractivity contribution >= 4 is 61.4 Å². The van der Waals surface area contributed by atoms with Gasteiger partial charge in [0.2, 0.25) is 0 Å². The summed E-state index contributed by atoms with van der Waals surface area (Å²) in [5, 5.41) is 2.90. The van der Waals surface area contributed by atoms with E-state index in [4.69, 9.17) is 10.5 Å². The lowest BCUT2D eigenvalue weighted by Gasteiger charge is -2.07. The first kappa shape index (κ1) is 21.7. The van der Waals surface area contributed by atoms with Crippen LogP contribution in [0.4, 0.5) is 5.69 Å². The fourth-order valence-electron chi connectivity index (χ4n) is 1.91. The van der Waals surface area contributed by atoms with Gasteiger partial charge in [-0.05, 0) is 48.5 Å². The number of methoxy groups -OCH3 is 1. The smallest absolute Gasteiger partial charge is 0.193 e. The number of nitrogens with one attached hydrogen (secondary N) is 1. The van der Waals surface area contributed by atoms with Crippen molar-refractivity contribution in [2.75, 3.05) is 24.7 Å². The van der Waals surface area contributed by atoms with E-state index in [1.165, 1.54) is 0 Å². The van der Waals surface area contributed by atoms with Gasteiger partial charge in [-0.15, -0.1) is 24.0 Å². The van der Waals surface area contributed by atoms with E-state index < -0.39 is 9.84 Å². The minimum atomic E-state index is -3.38. The van der Waals surface area contributed by atoms with E-state index in [-0.39, 0.29) is 47.1 Å². The predicted molar refractivity (Wildman–Crippen MR) is 115 cm³/mol. The monoisotopic (exact) mass is 539 g/mol. The molecule has 0 aliphatic heterocycles. The molecular formula is C16H19BrIN3O3S. The number of sulfone groups is 1. The van der Waals surface area contributed by atoms with Crippen molar-refractivity contribution < 1.29 is 13.2 Å². The number of halogens is 2. The van der Waals surface area contributed by atoms with Crippen LogP contribution < -0.4 is 15.8 Å². The van der Waals surface area contributed by atoms with E-state index in [1.807, 2.05) is 0 Å². The van der Waals surface area contributed by atoms with Gasteiger partial charge in [-0.25, -0.2) is 8.42 Å². The number of hydrogen-bond acceptors (Lipinski definition) is 4. The maximum atomic E-state index is 12.2. The molecule has 25 heavy (non-hydrogen) atoms. The molecule has 0 spiro atoms. The van der Waals surface area contributed by atoms with Crippen molar-refractivity contribution in [3.05, 3.63) is 53.0 Å². The third kappa shape index (κ3) is 6.83. The van der Waals surface area contributed by atoms with Gasteiger partial charge in [0.15, 0.2) is 15.8 Å². The van der Waals surface area contributed by atoms with Crippen LogP contribution in [0, 0.1) is 0 Å². The third-order valence-electron chi connectivity index (χ3n) is 3.18. The van der Waals surface area contributed by atoms with E-state index in [2.05, 4.69) is 26.2 Å². The quantitative estimate of drug-likeness (QED) is 0.334. The molecule has 0 amide bonds. The Morgan fingerprint density at radius 1 is 1.16 bits per heavy atom. The number of rotatable bonds is 6. The van der Waals surface area contributed by atoms with Crippen molar-refractivity contribution in [3.8, 4) is 5.75 Å². The van der Waals surface area contributed by atoms with Crippen molar-refractivity contribution in [3.63, 3.8) is 0 Å². The highest BCUT2D eigenvalue weighted by molar-refractivity contribution is 14.0. The molecule has 0 aliphatic carbocycles. The lowest BCUT2D eigenvalue weighted by Crippen LogP contribution is -2.23. The minimum Gasteiger partial charge on any atom is -0.497 e. The fraction of sp³-hybridized carbons (Fsp3) is 0.188. The van der Waals surface area contributed by atoms with Crippen LogP contribution in [-0.2, 0) is 9.84 Å². The molecule has 0 atom stereocenters. The molecule has 0 aromatic heterocycles. The SMILES string of the molecule is COc1ccc(NC(N)=NCCS(=O)(=O)c2ccc(Br)cc2)cc1.I. The number of nitrogens with two attached hydrogens (primary N) is 1. The Labute approximate surface area is 172 Å². The summed E-state index contributed by atoms with van der Waals surface area (Å²) >= 11 is 3.28. The average molecular weight is 540 g/mol. The van der Waals surface area contributed by atoms with E-state index in [1.54, 1.807) is 55.6 Å². The maximum Gasteiger partial charge on any atom is 0.193 e. The Hall–Kier alpha value is -1.33. The molecule has 2 aromatic carbocycles. The number of guanidine groups is 1. The molecule has 0 fully saturated rings. The molecule has 3 N–H and O–H groups in total. The van der Waals surface area contributed by atoms with Gasteiger partial charge in [0.05, 0.1) is 24.3 Å². The van der Waals surface area contributed by atoms with E-state index in [9.17, 15) is 8.42 Å². The van der Waals surface area contributed by atoms with Gasteiger partial charge in [0.25, 0.3) is 0 Å². The van der Waals surface area contributed by atoms with Gasteiger partial charge in [0, 0.05) is 10.2 Å². The summed E-state index contributed by atoms with van der Waals surface area (Å²) in [6.45, 7) is 0.0768. The Morgan fingerprint density at radius 3 is 2.32 bits per heavy atom. The molecule has 9 heteroatoms. The number of nitrogens with zero attached hydrogens (tertiary/aromatic N) is 1. The van der Waals surface area contributed by atoms with Crippen molar-refractivity contribution in [2.24, 2.45) is 10.7 Å². The molecule has 0 heterocycles. The Balaban J connectivity index is 0.00000312. The van der Waals surface area contributed by atoms with Crippen LogP contribution in [0.1, 0.15) is 0 Å². The van der Waals surface area contributed by atoms with Crippen LogP contribution in [0.2, 0.25) is 0 Å². The number of ether oxygens (including phenoxy) is 1. The lowest BCUT2D eigenvalue weighted by molar-refractivity contribution is 0.415. The molecule has 0 aliphatic rings. The Morgan fingerprint density at radius 2 is 1.76 bits per heavy atom. The van der Waals surface area contributed by atoms with Crippen LogP contribution in [0.3, 0.4) is 0 Å². The lowest BCUT2D eigenvalue weighted by atomic mass is 10.3. The molecule has 2 rings (SSSR count). The molecule has 0 bridgehead atoms. The van der Waals surface area contributed by atoms with Gasteiger partial charge in [0.1, 0.15) is 5.75 Å². The first-order valence-corrected chi connectivity index (χ1v) is 9.54. The molecule has 0 saturated heterocycles. The maximum absolute atomic E-state index is 12.2. The van der Waals surface area contributed by atoms with Crippen molar-refractivity contribution in [1.29, 1.82) is 0 Å². The summed E-state index contributed by atoms with van der Waals surface area (Å²) in [4.78, 5) is 4.32. The summed E-state index contributed by atoms with van der Waals surface area (Å²) < 4.78 is 30.3. The Kier molecular flexibility index (Phi) is 8.66. The fourth-order valence-corrected chi connectivity index (χ4v) is 3.29. The zero-order chi connectivity index (χ0) is 17.6. The average Bonchev–Trinajstić information content (AvgIpc) is 2.56. The summed E-state index contributed by atoms with van der Waals surface area (Å²) in [7, 11) is -1.79. The summed E-state index contributed by atoms with van der Waals surface area (Å²) in [6, 6.07) is 13.6. The van der Waals surface area contributed by atoms with Crippen LogP contribution in [0.25, 0.3) is 0 Å². The molecule has 0 unspecified atom stereocenters. The summed E-state index contributed by atoms with van der Waals surface area (Å²) in [6.07, 6.45) is 0. The molecule has 0 radical (unpaired) electrons. The number of benzene rings is 2. The largest absolute Gasteiger partial charge is 0.497 e. The van der Waals surface area contributed by atoms with Gasteiger partial charge in [-0.2, -0.15) is 0 Å². The summed E-state index contributed by atoms with van der Waals surface area (Å²) in [5.74, 6) is 0.780. The Bertz CT molecular complexity index is 810. The highest BCUT2D eigenvalue weighted by Gasteiger charge is 2.13. The highest BCUT2D eigenvalue weighted by atomic mass is 127. The number of anilines is 1. The summed E-state index contributed by atoms with van der Waals surface area (Å²) in [5.41, 5.74) is 6.51. The van der Waals surface area contributed by atoms with Crippen molar-refractivity contribution in [1.82, 2.24) is 0 Å². The molecule has 6 nitrogen and oxygen atoms in total. The van der Waals surface area contributed by atoms with Gasteiger partial charge < -0.3 is 15.8 Å². The third-order valence-corrected chi connectivity index (χ3v) is 5.42. The van der Waals surface area contributed by atoms with E-state index in [0.717, 1.165) is 15.9 Å². The van der Waals surface area contributed by atoms with Crippen molar-refractivity contribution in [2.45, 2.75) is 4.90 Å². The molecule has 2 aromatic rings. The first-order valence-electron chi connectivity index (χ1n) is 7.10. The molecular weight excluding hydrogens is 521 g/mol. The minimum absolute atomic E-state index is 0. The van der Waals surface area contributed by atoms with Gasteiger partial charge in [-0.1, -0.05) is 15.9 Å². The standard InChI is InChI=1S/C16H18BrN3O3S.HI/c1-23-14-6-4-13(5-7-14)20-16(18)19-10-11-24(21,22)15-8-2-12(17)3-9-15;/h2-9H,10-11H2,1H3,(H3,18,19,20);1H. The zero-order valence-corrected chi connectivity index (χ0v) is 18.2. The van der Waals surface area contributed by atoms with Crippen LogP contribution in [-0.4, -0.2) is 33.8 Å². The van der Waals surface area contributed by atoms with Gasteiger partial charge >= 0.3 is 0 Å². The molecule has 136 valence electrons. The second kappa shape index (κ2) is 9.97. The normalized spacial score (nSPS) is 11.5. The zero-order valence-electron chi connectivity index (χ0n) is 13.5. The van der Waals surface area contributed by atoms with E-state index >= 15 is 0 Å². The van der Waals surface area contributed by atoms with Crippen LogP contribution in [0.5, 0.6) is 5.75 Å². The molecule has 0 saturated carbocycles. The van der Waals surface area contributed by atoms with Crippen LogP contribution in [0.15, 0.2) is 62.9 Å². The van der Waals surface area contributed by atoms with Crippen LogP contribution >= 0.6 is 39.9 Å². The second-order valence-corrected chi connectivity index (χ2v) is 7.92.